The normalized spacial score (nSPS) is 11.5. The summed E-state index contributed by atoms with van der Waals surface area (Å²) < 4.78 is 0. The Bertz CT molecular complexity index is 349. The van der Waals surface area contributed by atoms with E-state index in [1.807, 2.05) is 0 Å². The zero-order chi connectivity index (χ0) is 22.2. The number of aliphatic carboxylic acids is 1. The minimum Gasteiger partial charge on any atom is -0.481 e. The molecule has 0 aromatic rings. The second-order valence-electron chi connectivity index (χ2n) is 7.86. The molecule has 0 aliphatic heterocycles. The van der Waals surface area contributed by atoms with Crippen molar-refractivity contribution in [1.29, 1.82) is 0 Å². The van der Waals surface area contributed by atoms with Gasteiger partial charge in [0, 0.05) is 6.42 Å². The first-order chi connectivity index (χ1) is 14.0. The summed E-state index contributed by atoms with van der Waals surface area (Å²) in [6, 6.07) is 0. The van der Waals surface area contributed by atoms with E-state index >= 15 is 0 Å². The summed E-state index contributed by atoms with van der Waals surface area (Å²) in [5.41, 5.74) is -1.11. The largest absolute Gasteiger partial charge is 0.481 e. The number of allylic oxidation sites excluding steroid dienone is 2. The fourth-order valence-corrected chi connectivity index (χ4v) is 2.65. The fourth-order valence-electron chi connectivity index (χ4n) is 2.65. The van der Waals surface area contributed by atoms with Gasteiger partial charge in [0.15, 0.2) is 0 Å². The highest BCUT2D eigenvalue weighted by molar-refractivity contribution is 5.66. The van der Waals surface area contributed by atoms with Crippen molar-refractivity contribution in [3.63, 3.8) is 0 Å². The molecular formula is C23H46O6. The lowest BCUT2D eigenvalue weighted by atomic mass is 9.93. The average molecular weight is 419 g/mol. The van der Waals surface area contributed by atoms with Gasteiger partial charge in [-0.2, -0.15) is 0 Å². The molecule has 0 saturated heterocycles. The number of carboxylic acids is 1. The van der Waals surface area contributed by atoms with E-state index in [4.69, 9.17) is 25.5 Å². The van der Waals surface area contributed by atoms with Crippen LogP contribution in [0.3, 0.4) is 0 Å². The summed E-state index contributed by atoms with van der Waals surface area (Å²) in [6.45, 7) is 0.634. The molecule has 6 heteroatoms. The maximum absolute atomic E-state index is 10.3. The van der Waals surface area contributed by atoms with Crippen LogP contribution in [0.4, 0.5) is 0 Å². The fraction of sp³-hybridized carbons (Fsp3) is 0.870. The Labute approximate surface area is 177 Å². The third-order valence-corrected chi connectivity index (χ3v) is 4.99. The molecule has 0 saturated carbocycles. The summed E-state index contributed by atoms with van der Waals surface area (Å²) in [4.78, 5) is 10.3. The van der Waals surface area contributed by atoms with Crippen molar-refractivity contribution in [2.75, 3.05) is 26.4 Å². The van der Waals surface area contributed by atoms with Gasteiger partial charge in [-0.25, -0.2) is 0 Å². The Balaban J connectivity index is 0. The first-order valence-electron chi connectivity index (χ1n) is 11.3. The molecule has 0 aromatic heterocycles. The van der Waals surface area contributed by atoms with Crippen LogP contribution in [0.25, 0.3) is 0 Å². The van der Waals surface area contributed by atoms with Gasteiger partial charge in [0.25, 0.3) is 0 Å². The Morgan fingerprint density at radius 1 is 0.655 bits per heavy atom. The number of carboxylic acid groups (broad SMARTS) is 1. The molecule has 0 unspecified atom stereocenters. The van der Waals surface area contributed by atoms with Crippen molar-refractivity contribution >= 4 is 5.97 Å². The molecule has 0 aliphatic carbocycles. The molecule has 0 atom stereocenters. The molecule has 0 aromatic carbocycles. The van der Waals surface area contributed by atoms with E-state index in [1.54, 1.807) is 0 Å². The molecule has 0 radical (unpaired) electrons. The van der Waals surface area contributed by atoms with Crippen LogP contribution in [0.1, 0.15) is 96.8 Å². The van der Waals surface area contributed by atoms with Gasteiger partial charge in [0.1, 0.15) is 0 Å². The van der Waals surface area contributed by atoms with Crippen molar-refractivity contribution in [1.82, 2.24) is 0 Å². The molecular weight excluding hydrogens is 372 g/mol. The molecule has 6 nitrogen and oxygen atoms in total. The molecule has 0 spiro atoms. The Morgan fingerprint density at radius 3 is 1.38 bits per heavy atom. The van der Waals surface area contributed by atoms with Crippen molar-refractivity contribution < 1.29 is 30.3 Å². The van der Waals surface area contributed by atoms with Crippen LogP contribution in [-0.4, -0.2) is 57.9 Å². The predicted octanol–water partition coefficient (Wildman–Crippen LogP) is 4.05. The van der Waals surface area contributed by atoms with Crippen LogP contribution in [-0.2, 0) is 4.79 Å². The number of rotatable bonds is 19. The van der Waals surface area contributed by atoms with Gasteiger partial charge in [-0.15, -0.1) is 0 Å². The van der Waals surface area contributed by atoms with Crippen molar-refractivity contribution in [2.45, 2.75) is 96.8 Å². The monoisotopic (exact) mass is 418 g/mol. The van der Waals surface area contributed by atoms with E-state index in [-0.39, 0.29) is 0 Å². The summed E-state index contributed by atoms with van der Waals surface area (Å²) in [5, 5.41) is 42.5. The number of hydrogen-bond acceptors (Lipinski definition) is 5. The highest BCUT2D eigenvalue weighted by Gasteiger charge is 2.26. The number of aliphatic hydroxyl groups excluding tert-OH is 4. The number of hydrogen-bond donors (Lipinski definition) is 5. The van der Waals surface area contributed by atoms with Crippen LogP contribution >= 0.6 is 0 Å². The van der Waals surface area contributed by atoms with Crippen LogP contribution < -0.4 is 0 Å². The second-order valence-corrected chi connectivity index (χ2v) is 7.86. The topological polar surface area (TPSA) is 118 Å². The van der Waals surface area contributed by atoms with Crippen LogP contribution in [0.5, 0.6) is 0 Å². The van der Waals surface area contributed by atoms with E-state index in [1.165, 1.54) is 70.6 Å². The van der Waals surface area contributed by atoms with Gasteiger partial charge in [0.2, 0.25) is 0 Å². The predicted molar refractivity (Wildman–Crippen MR) is 118 cm³/mol. The van der Waals surface area contributed by atoms with Crippen molar-refractivity contribution in [2.24, 2.45) is 5.41 Å². The smallest absolute Gasteiger partial charge is 0.303 e. The first kappa shape index (κ1) is 30.2. The van der Waals surface area contributed by atoms with Gasteiger partial charge in [-0.3, -0.25) is 4.79 Å². The summed E-state index contributed by atoms with van der Waals surface area (Å²) in [5.74, 6) is -0.664. The number of aliphatic hydroxyl groups is 4. The third-order valence-electron chi connectivity index (χ3n) is 4.99. The standard InChI is InChI=1S/C18H34O2.C5H12O4/c1-2-3-4-5-6-7-8-9-10-11-12-13-14-15-16-17-18(19)20;6-1-5(2-7,3-8)4-9/h9-10H,2-8,11-17H2,1H3,(H,19,20);6-9H,1-4H2. The van der Waals surface area contributed by atoms with Crippen LogP contribution in [0.15, 0.2) is 12.2 Å². The number of unbranched alkanes of at least 4 members (excludes halogenated alkanes) is 11. The highest BCUT2D eigenvalue weighted by Crippen LogP contribution is 2.12. The molecule has 0 aliphatic rings. The first-order valence-corrected chi connectivity index (χ1v) is 11.3. The van der Waals surface area contributed by atoms with Gasteiger partial charge in [-0.1, -0.05) is 70.4 Å². The van der Waals surface area contributed by atoms with E-state index in [0.29, 0.717) is 6.42 Å². The van der Waals surface area contributed by atoms with E-state index in [2.05, 4.69) is 19.1 Å². The van der Waals surface area contributed by atoms with Crippen molar-refractivity contribution in [3.05, 3.63) is 12.2 Å². The molecule has 174 valence electrons. The molecule has 29 heavy (non-hydrogen) atoms. The zero-order valence-electron chi connectivity index (χ0n) is 18.5. The highest BCUT2D eigenvalue weighted by atomic mass is 16.4. The Kier molecular flexibility index (Phi) is 24.3. The van der Waals surface area contributed by atoms with E-state index < -0.39 is 37.8 Å². The van der Waals surface area contributed by atoms with Gasteiger partial charge < -0.3 is 25.5 Å². The zero-order valence-corrected chi connectivity index (χ0v) is 18.5. The minimum atomic E-state index is -1.11. The lowest BCUT2D eigenvalue weighted by Crippen LogP contribution is -2.37. The molecule has 0 rings (SSSR count). The maximum atomic E-state index is 10.3. The summed E-state index contributed by atoms with van der Waals surface area (Å²) in [7, 11) is 0. The molecule has 5 N–H and O–H groups in total. The van der Waals surface area contributed by atoms with E-state index in [0.717, 1.165) is 12.8 Å². The number of carbonyl (C=O) groups is 1. The average Bonchev–Trinajstić information content (AvgIpc) is 2.73. The lowest BCUT2D eigenvalue weighted by molar-refractivity contribution is -0.137. The third kappa shape index (κ3) is 21.6. The quantitative estimate of drug-likeness (QED) is 0.159. The minimum absolute atomic E-state index is 0.332. The molecule has 0 heterocycles. The summed E-state index contributed by atoms with van der Waals surface area (Å²) >= 11 is 0. The van der Waals surface area contributed by atoms with Crippen LogP contribution in [0.2, 0.25) is 0 Å². The maximum Gasteiger partial charge on any atom is 0.303 e. The molecule has 0 amide bonds. The second kappa shape index (κ2) is 23.3. The SMILES string of the molecule is CCCCCCCCC=CCCCCCCCC(=O)O.OCC(CO)(CO)CO. The lowest BCUT2D eigenvalue weighted by Gasteiger charge is -2.23. The van der Waals surface area contributed by atoms with E-state index in [9.17, 15) is 4.79 Å². The Hall–Kier alpha value is -0.950. The van der Waals surface area contributed by atoms with Gasteiger partial charge >= 0.3 is 5.97 Å². The van der Waals surface area contributed by atoms with Crippen molar-refractivity contribution in [3.8, 4) is 0 Å². The molecule has 0 bridgehead atoms. The summed E-state index contributed by atoms with van der Waals surface area (Å²) in [6.07, 6.45) is 21.2. The Morgan fingerprint density at radius 2 is 1.03 bits per heavy atom. The van der Waals surface area contributed by atoms with Gasteiger partial charge in [-0.05, 0) is 32.1 Å². The van der Waals surface area contributed by atoms with Gasteiger partial charge in [0.05, 0.1) is 31.8 Å². The van der Waals surface area contributed by atoms with Crippen LogP contribution in [0, 0.1) is 5.41 Å². The molecule has 0 fully saturated rings.